The fourth-order valence-corrected chi connectivity index (χ4v) is 3.57. The molecule has 0 saturated heterocycles. The number of hydrogen-bond acceptors (Lipinski definition) is 7. The van der Waals surface area contributed by atoms with Crippen LogP contribution < -0.4 is 5.32 Å². The van der Waals surface area contributed by atoms with Crippen LogP contribution in [0.5, 0.6) is 0 Å². The highest BCUT2D eigenvalue weighted by Crippen LogP contribution is 2.21. The maximum absolute atomic E-state index is 12.5. The Morgan fingerprint density at radius 3 is 2.43 bits per heavy atom. The second kappa shape index (κ2) is 8.44. The number of hydrogen-bond donors (Lipinski definition) is 1. The number of thioether (sulfide) groups is 1. The summed E-state index contributed by atoms with van der Waals surface area (Å²) in [6.07, 6.45) is 0. The van der Waals surface area contributed by atoms with Crippen molar-refractivity contribution >= 4 is 33.2 Å². The van der Waals surface area contributed by atoms with Gasteiger partial charge in [-0.3, -0.25) is 4.79 Å². The summed E-state index contributed by atoms with van der Waals surface area (Å²) in [6.45, 7) is 0. The van der Waals surface area contributed by atoms with Crippen molar-refractivity contribution in [1.82, 2.24) is 20.2 Å². The predicted molar refractivity (Wildman–Crippen MR) is 98.1 cm³/mol. The molecule has 28 heavy (non-hydrogen) atoms. The number of amides is 1. The summed E-state index contributed by atoms with van der Waals surface area (Å²) in [5.41, 5.74) is 1.02. The topological polar surface area (TPSA) is 107 Å². The second-order valence-electron chi connectivity index (χ2n) is 5.38. The number of halogens is 2. The van der Waals surface area contributed by atoms with Crippen molar-refractivity contribution in [2.45, 2.75) is 15.8 Å². The molecule has 0 atom stereocenters. The standard InChI is InChI=1S/C16H13F2N5O3S2/c17-15(18)28(25,26)13-8-6-11(7-9-13)19-14(24)10-27-16-20-21-22-23(16)12-4-2-1-3-5-12/h1-9,15H,10H2,(H,19,24). The summed E-state index contributed by atoms with van der Waals surface area (Å²) in [6, 6.07) is 13.7. The molecule has 12 heteroatoms. The minimum Gasteiger partial charge on any atom is -0.325 e. The number of tetrazole rings is 1. The molecular formula is C16H13F2N5O3S2. The molecule has 0 radical (unpaired) electrons. The van der Waals surface area contributed by atoms with Crippen molar-refractivity contribution in [3.63, 3.8) is 0 Å². The molecule has 3 aromatic rings. The van der Waals surface area contributed by atoms with E-state index in [0.717, 1.165) is 29.6 Å². The molecule has 0 saturated carbocycles. The number of anilines is 1. The number of carbonyl (C=O) groups excluding carboxylic acids is 1. The van der Waals surface area contributed by atoms with Gasteiger partial charge in [0.1, 0.15) is 0 Å². The first-order chi connectivity index (χ1) is 13.4. The zero-order chi connectivity index (χ0) is 20.1. The molecule has 1 aromatic heterocycles. The Labute approximate surface area is 162 Å². The first-order valence-electron chi connectivity index (χ1n) is 7.76. The van der Waals surface area contributed by atoms with E-state index < -0.39 is 26.4 Å². The van der Waals surface area contributed by atoms with E-state index in [1.165, 1.54) is 16.8 Å². The monoisotopic (exact) mass is 425 g/mol. The highest BCUT2D eigenvalue weighted by atomic mass is 32.2. The lowest BCUT2D eigenvalue weighted by atomic mass is 10.3. The van der Waals surface area contributed by atoms with Crippen LogP contribution in [0.1, 0.15) is 0 Å². The van der Waals surface area contributed by atoms with E-state index in [0.29, 0.717) is 5.16 Å². The van der Waals surface area contributed by atoms with Gasteiger partial charge in [0.15, 0.2) is 0 Å². The lowest BCUT2D eigenvalue weighted by molar-refractivity contribution is -0.113. The Morgan fingerprint density at radius 2 is 1.79 bits per heavy atom. The number of rotatable bonds is 7. The van der Waals surface area contributed by atoms with Crippen LogP contribution in [0.25, 0.3) is 5.69 Å². The first kappa shape index (κ1) is 19.9. The molecule has 146 valence electrons. The van der Waals surface area contributed by atoms with Gasteiger partial charge < -0.3 is 5.32 Å². The van der Waals surface area contributed by atoms with E-state index in [2.05, 4.69) is 20.8 Å². The molecule has 1 heterocycles. The molecule has 0 bridgehead atoms. The van der Waals surface area contributed by atoms with Gasteiger partial charge in [-0.2, -0.15) is 13.5 Å². The van der Waals surface area contributed by atoms with Gasteiger partial charge in [-0.25, -0.2) is 8.42 Å². The third-order valence-corrected chi connectivity index (χ3v) is 5.79. The molecule has 0 unspecified atom stereocenters. The molecule has 0 aliphatic carbocycles. The zero-order valence-electron chi connectivity index (χ0n) is 14.1. The molecule has 0 aliphatic heterocycles. The van der Waals surface area contributed by atoms with Gasteiger partial charge in [0.25, 0.3) is 0 Å². The molecule has 8 nitrogen and oxygen atoms in total. The van der Waals surface area contributed by atoms with Gasteiger partial charge in [0.2, 0.25) is 20.9 Å². The van der Waals surface area contributed by atoms with Crippen LogP contribution >= 0.6 is 11.8 Å². The molecule has 0 fully saturated rings. The minimum atomic E-state index is -4.67. The summed E-state index contributed by atoms with van der Waals surface area (Å²) in [5, 5.41) is 14.3. The maximum Gasteiger partial charge on any atom is 0.341 e. The van der Waals surface area contributed by atoms with Gasteiger partial charge in [-0.1, -0.05) is 30.0 Å². The van der Waals surface area contributed by atoms with E-state index in [4.69, 9.17) is 0 Å². The number of sulfone groups is 1. The molecule has 1 amide bonds. The van der Waals surface area contributed by atoms with E-state index in [9.17, 15) is 22.0 Å². The predicted octanol–water partition coefficient (Wildman–Crippen LogP) is 2.39. The van der Waals surface area contributed by atoms with Gasteiger partial charge >= 0.3 is 5.76 Å². The number of para-hydroxylation sites is 1. The van der Waals surface area contributed by atoms with Crippen LogP contribution in [0.15, 0.2) is 64.6 Å². The average Bonchev–Trinajstić information content (AvgIpc) is 3.16. The van der Waals surface area contributed by atoms with E-state index in [-0.39, 0.29) is 11.4 Å². The number of alkyl halides is 2. The largest absolute Gasteiger partial charge is 0.341 e. The Morgan fingerprint density at radius 1 is 1.11 bits per heavy atom. The van der Waals surface area contributed by atoms with E-state index >= 15 is 0 Å². The molecule has 0 spiro atoms. The Balaban J connectivity index is 1.61. The smallest absolute Gasteiger partial charge is 0.325 e. The lowest BCUT2D eigenvalue weighted by Crippen LogP contribution is -2.15. The summed E-state index contributed by atoms with van der Waals surface area (Å²) >= 11 is 1.11. The number of nitrogens with one attached hydrogen (secondary N) is 1. The van der Waals surface area contributed by atoms with E-state index in [1.807, 2.05) is 30.3 Å². The van der Waals surface area contributed by atoms with Crippen LogP contribution in [0.3, 0.4) is 0 Å². The molecule has 2 aromatic carbocycles. The highest BCUT2D eigenvalue weighted by Gasteiger charge is 2.26. The summed E-state index contributed by atoms with van der Waals surface area (Å²) in [4.78, 5) is 11.6. The SMILES string of the molecule is O=C(CSc1nnnn1-c1ccccc1)Nc1ccc(S(=O)(=O)C(F)F)cc1. The number of benzene rings is 2. The molecule has 3 rings (SSSR count). The van der Waals surface area contributed by atoms with Gasteiger partial charge in [-0.05, 0) is 46.8 Å². The van der Waals surface area contributed by atoms with Crippen molar-refractivity contribution in [1.29, 1.82) is 0 Å². The van der Waals surface area contributed by atoms with Gasteiger partial charge in [-0.15, -0.1) is 5.10 Å². The van der Waals surface area contributed by atoms with Crippen LogP contribution in [0.2, 0.25) is 0 Å². The summed E-state index contributed by atoms with van der Waals surface area (Å²) < 4.78 is 49.3. The third-order valence-electron chi connectivity index (χ3n) is 3.48. The van der Waals surface area contributed by atoms with Crippen molar-refractivity contribution in [3.8, 4) is 5.69 Å². The average molecular weight is 425 g/mol. The summed E-state index contributed by atoms with van der Waals surface area (Å²) in [5.74, 6) is -3.90. The van der Waals surface area contributed by atoms with Crippen molar-refractivity contribution < 1.29 is 22.0 Å². The fraction of sp³-hybridized carbons (Fsp3) is 0.125. The summed E-state index contributed by atoms with van der Waals surface area (Å²) in [7, 11) is -4.67. The van der Waals surface area contributed by atoms with Crippen LogP contribution in [0.4, 0.5) is 14.5 Å². The van der Waals surface area contributed by atoms with E-state index in [1.54, 1.807) is 0 Å². The normalized spacial score (nSPS) is 11.5. The fourth-order valence-electron chi connectivity index (χ4n) is 2.16. The van der Waals surface area contributed by atoms with Gasteiger partial charge in [0, 0.05) is 5.69 Å². The first-order valence-corrected chi connectivity index (χ1v) is 10.3. The maximum atomic E-state index is 12.5. The van der Waals surface area contributed by atoms with Gasteiger partial charge in [0.05, 0.1) is 16.3 Å². The number of carbonyl (C=O) groups is 1. The van der Waals surface area contributed by atoms with Crippen molar-refractivity contribution in [3.05, 3.63) is 54.6 Å². The number of aromatic nitrogens is 4. The van der Waals surface area contributed by atoms with Crippen LogP contribution in [0, 0.1) is 0 Å². The minimum absolute atomic E-state index is 0.00963. The second-order valence-corrected chi connectivity index (χ2v) is 8.24. The Kier molecular flexibility index (Phi) is 5.99. The van der Waals surface area contributed by atoms with Crippen LogP contribution in [-0.2, 0) is 14.6 Å². The molecular weight excluding hydrogens is 412 g/mol. The van der Waals surface area contributed by atoms with Crippen molar-refractivity contribution in [2.75, 3.05) is 11.1 Å². The zero-order valence-corrected chi connectivity index (χ0v) is 15.7. The Bertz CT molecular complexity index is 1060. The highest BCUT2D eigenvalue weighted by molar-refractivity contribution is 7.99. The quantitative estimate of drug-likeness (QED) is 0.579. The number of nitrogens with zero attached hydrogens (tertiary/aromatic N) is 4. The lowest BCUT2D eigenvalue weighted by Gasteiger charge is -2.07. The third kappa shape index (κ3) is 4.51. The molecule has 0 aliphatic rings. The Hall–Kier alpha value is -2.86. The molecule has 1 N–H and O–H groups in total. The van der Waals surface area contributed by atoms with Crippen LogP contribution in [-0.4, -0.2) is 46.0 Å². The van der Waals surface area contributed by atoms with Crippen molar-refractivity contribution in [2.24, 2.45) is 0 Å².